The van der Waals surface area contributed by atoms with Gasteiger partial charge in [-0.25, -0.2) is 0 Å². The molecule has 0 N–H and O–H groups in total. The summed E-state index contributed by atoms with van der Waals surface area (Å²) in [6.45, 7) is 2.47. The molecule has 0 aromatic heterocycles. The Morgan fingerprint density at radius 1 is 1.27 bits per heavy atom. The van der Waals surface area contributed by atoms with Crippen LogP contribution in [0.4, 0.5) is 0 Å². The Kier molecular flexibility index (Phi) is 2.13. The molecule has 0 nitrogen and oxygen atoms in total. The van der Waals surface area contributed by atoms with E-state index >= 15 is 0 Å². The monoisotopic (exact) mass is 166 g/mol. The van der Waals surface area contributed by atoms with Crippen LogP contribution in [0.25, 0.3) is 0 Å². The summed E-state index contributed by atoms with van der Waals surface area (Å²) in [4.78, 5) is 0. The van der Waals surface area contributed by atoms with E-state index in [1.807, 2.05) is 0 Å². The molecule has 0 spiro atoms. The highest BCUT2D eigenvalue weighted by Gasteiger charge is 2.28. The molecular weight excluding hydrogens is 151 g/mol. The molecule has 2 atom stereocenters. The van der Waals surface area contributed by atoms with Crippen LogP contribution in [0.3, 0.4) is 0 Å². The second-order valence-electron chi connectivity index (χ2n) is 3.54. The lowest BCUT2D eigenvalue weighted by Crippen LogP contribution is -2.09. The summed E-state index contributed by atoms with van der Waals surface area (Å²) in [5, 5.41) is 0. The van der Waals surface area contributed by atoms with Gasteiger partial charge in [-0.2, -0.15) is 0 Å². The minimum Gasteiger partial charge on any atom is -0.106 e. The molecule has 2 aliphatic rings. The van der Waals surface area contributed by atoms with E-state index in [-0.39, 0.29) is 0 Å². The molecule has 0 aromatic carbocycles. The molecule has 11 heavy (non-hydrogen) atoms. The van der Waals surface area contributed by atoms with Crippen LogP contribution in [0.2, 0.25) is 0 Å². The van der Waals surface area contributed by atoms with E-state index in [1.54, 1.807) is 0 Å². The number of rotatable bonds is 1. The van der Waals surface area contributed by atoms with Gasteiger partial charge >= 0.3 is 0 Å². The Morgan fingerprint density at radius 3 is 2.55 bits per heavy atom. The van der Waals surface area contributed by atoms with Crippen LogP contribution < -0.4 is 0 Å². The van der Waals surface area contributed by atoms with Gasteiger partial charge in [0.25, 0.3) is 0 Å². The highest BCUT2D eigenvalue weighted by Crippen LogP contribution is 2.51. The molecule has 0 saturated carbocycles. The minimum absolute atomic E-state index is 0.358. The lowest BCUT2D eigenvalue weighted by molar-refractivity contribution is 0.694. The smallest absolute Gasteiger partial charge is 0.00203 e. The van der Waals surface area contributed by atoms with E-state index in [0.717, 1.165) is 11.6 Å². The van der Waals surface area contributed by atoms with Crippen LogP contribution in [0, 0.1) is 5.92 Å². The highest BCUT2D eigenvalue weighted by molar-refractivity contribution is 7.57. The Labute approximate surface area is 70.1 Å². The highest BCUT2D eigenvalue weighted by atomic mass is 31.1. The van der Waals surface area contributed by atoms with Crippen LogP contribution in [-0.4, -0.2) is 18.5 Å². The zero-order valence-electron chi connectivity index (χ0n) is 7.03. The molecule has 2 unspecified atom stereocenters. The SMILES string of the molecule is CP1CCCC1C1C=CC=C1. The third kappa shape index (κ3) is 1.42. The van der Waals surface area contributed by atoms with Crippen LogP contribution in [0.1, 0.15) is 12.8 Å². The summed E-state index contributed by atoms with van der Waals surface area (Å²) in [6.07, 6.45) is 13.6. The van der Waals surface area contributed by atoms with E-state index in [2.05, 4.69) is 31.0 Å². The number of hydrogen-bond donors (Lipinski definition) is 0. The lowest BCUT2D eigenvalue weighted by atomic mass is 10.0. The standard InChI is InChI=1S/C10H15P/c1-11-8-4-7-10(11)9-5-2-3-6-9/h2-3,5-6,9-10H,4,7-8H2,1H3. The Balaban J connectivity index is 2.03. The third-order valence-corrected chi connectivity index (χ3v) is 5.56. The maximum absolute atomic E-state index is 2.47. The summed E-state index contributed by atoms with van der Waals surface area (Å²) >= 11 is 0. The van der Waals surface area contributed by atoms with Gasteiger partial charge in [0.1, 0.15) is 0 Å². The van der Waals surface area contributed by atoms with E-state index in [9.17, 15) is 0 Å². The first-order valence-corrected chi connectivity index (χ1v) is 6.47. The van der Waals surface area contributed by atoms with Crippen molar-refractivity contribution in [2.45, 2.75) is 18.5 Å². The van der Waals surface area contributed by atoms with E-state index in [1.165, 1.54) is 19.0 Å². The van der Waals surface area contributed by atoms with Crippen molar-refractivity contribution in [2.24, 2.45) is 5.92 Å². The van der Waals surface area contributed by atoms with Gasteiger partial charge in [-0.05, 0) is 31.3 Å². The van der Waals surface area contributed by atoms with Gasteiger partial charge in [0.05, 0.1) is 0 Å². The van der Waals surface area contributed by atoms with Crippen LogP contribution in [-0.2, 0) is 0 Å². The molecule has 1 aliphatic carbocycles. The molecule has 1 fully saturated rings. The van der Waals surface area contributed by atoms with Crippen molar-refractivity contribution in [1.82, 2.24) is 0 Å². The summed E-state index contributed by atoms with van der Waals surface area (Å²) in [6, 6.07) is 0. The maximum Gasteiger partial charge on any atom is 0.00203 e. The Bertz CT molecular complexity index is 181. The zero-order valence-corrected chi connectivity index (χ0v) is 7.93. The van der Waals surface area contributed by atoms with Gasteiger partial charge in [0.15, 0.2) is 0 Å². The third-order valence-electron chi connectivity index (χ3n) is 2.80. The topological polar surface area (TPSA) is 0 Å². The molecule has 0 amide bonds. The second-order valence-corrected chi connectivity index (χ2v) is 6.16. The van der Waals surface area contributed by atoms with Gasteiger partial charge in [-0.15, -0.1) is 7.92 Å². The van der Waals surface area contributed by atoms with Crippen LogP contribution >= 0.6 is 7.92 Å². The average molecular weight is 166 g/mol. The lowest BCUT2D eigenvalue weighted by Gasteiger charge is -2.19. The zero-order chi connectivity index (χ0) is 7.68. The van der Waals surface area contributed by atoms with Crippen LogP contribution in [0.5, 0.6) is 0 Å². The fourth-order valence-electron chi connectivity index (χ4n) is 2.13. The molecule has 0 aromatic rings. The molecule has 2 rings (SSSR count). The summed E-state index contributed by atoms with van der Waals surface area (Å²) in [7, 11) is 0.358. The van der Waals surface area contributed by atoms with Gasteiger partial charge < -0.3 is 0 Å². The minimum atomic E-state index is 0.358. The van der Waals surface area contributed by atoms with Crippen molar-refractivity contribution in [1.29, 1.82) is 0 Å². The van der Waals surface area contributed by atoms with Crippen molar-refractivity contribution >= 4 is 7.92 Å². The van der Waals surface area contributed by atoms with Gasteiger partial charge in [0, 0.05) is 5.92 Å². The van der Waals surface area contributed by atoms with Gasteiger partial charge in [-0.1, -0.05) is 24.3 Å². The molecule has 0 radical (unpaired) electrons. The molecule has 0 bridgehead atoms. The van der Waals surface area contributed by atoms with Crippen molar-refractivity contribution in [3.8, 4) is 0 Å². The first kappa shape index (κ1) is 7.55. The average Bonchev–Trinajstić information content (AvgIpc) is 2.55. The van der Waals surface area contributed by atoms with Gasteiger partial charge in [-0.3, -0.25) is 0 Å². The molecular formula is C10H15P. The predicted octanol–water partition coefficient (Wildman–Crippen LogP) is 3.00. The second kappa shape index (κ2) is 3.11. The normalized spacial score (nSPS) is 37.2. The van der Waals surface area contributed by atoms with E-state index in [0.29, 0.717) is 7.92 Å². The van der Waals surface area contributed by atoms with E-state index < -0.39 is 0 Å². The fourth-order valence-corrected chi connectivity index (χ4v) is 4.55. The van der Waals surface area contributed by atoms with Crippen molar-refractivity contribution in [3.05, 3.63) is 24.3 Å². The van der Waals surface area contributed by atoms with Crippen LogP contribution in [0.15, 0.2) is 24.3 Å². The van der Waals surface area contributed by atoms with Crippen molar-refractivity contribution < 1.29 is 0 Å². The summed E-state index contributed by atoms with van der Waals surface area (Å²) < 4.78 is 0. The first-order valence-electron chi connectivity index (χ1n) is 4.43. The predicted molar refractivity (Wildman–Crippen MR) is 52.5 cm³/mol. The van der Waals surface area contributed by atoms with E-state index in [4.69, 9.17) is 0 Å². The summed E-state index contributed by atoms with van der Waals surface area (Å²) in [5.41, 5.74) is 1.01. The molecule has 60 valence electrons. The quantitative estimate of drug-likeness (QED) is 0.525. The molecule has 1 saturated heterocycles. The fraction of sp³-hybridized carbons (Fsp3) is 0.600. The Hall–Kier alpha value is -0.0900. The first-order chi connectivity index (χ1) is 5.38. The number of hydrogen-bond acceptors (Lipinski definition) is 0. The van der Waals surface area contributed by atoms with Gasteiger partial charge in [0.2, 0.25) is 0 Å². The molecule has 1 heterocycles. The van der Waals surface area contributed by atoms with Crippen molar-refractivity contribution in [3.63, 3.8) is 0 Å². The Morgan fingerprint density at radius 2 is 2.00 bits per heavy atom. The van der Waals surface area contributed by atoms with Crippen molar-refractivity contribution in [2.75, 3.05) is 12.8 Å². The molecule has 1 aliphatic heterocycles. The maximum atomic E-state index is 2.47. The number of allylic oxidation sites excluding steroid dienone is 4. The molecule has 1 heteroatoms. The summed E-state index contributed by atoms with van der Waals surface area (Å²) in [5.74, 6) is 0.800. The largest absolute Gasteiger partial charge is 0.106 e.